The number of nitrogens with one attached hydrogen (secondary N) is 1. The van der Waals surface area contributed by atoms with E-state index >= 15 is 0 Å². The number of hydrogen-bond donors (Lipinski definition) is 1. The summed E-state index contributed by atoms with van der Waals surface area (Å²) in [6.45, 7) is 0. The number of nitro groups is 1. The first-order valence-electron chi connectivity index (χ1n) is 5.58. The molecular weight excluding hydrogens is 367 g/mol. The summed E-state index contributed by atoms with van der Waals surface area (Å²) in [5, 5.41) is 13.4. The van der Waals surface area contributed by atoms with E-state index in [4.69, 9.17) is 11.6 Å². The lowest BCUT2D eigenvalue weighted by atomic mass is 10.2. The van der Waals surface area contributed by atoms with E-state index in [1.54, 1.807) is 6.07 Å². The molecule has 108 valence electrons. The first kappa shape index (κ1) is 15.4. The molecule has 0 aliphatic carbocycles. The van der Waals surface area contributed by atoms with Crippen LogP contribution in [0.3, 0.4) is 0 Å². The Kier molecular flexibility index (Phi) is 4.54. The maximum atomic E-state index is 13.3. The van der Waals surface area contributed by atoms with Gasteiger partial charge in [0.15, 0.2) is 0 Å². The summed E-state index contributed by atoms with van der Waals surface area (Å²) >= 11 is 9.07. The van der Waals surface area contributed by atoms with Crippen LogP contribution in [0.4, 0.5) is 15.8 Å². The summed E-state index contributed by atoms with van der Waals surface area (Å²) in [5.74, 6) is -1.36. The van der Waals surface area contributed by atoms with Crippen LogP contribution in [0.2, 0.25) is 5.02 Å². The minimum atomic E-state index is -0.812. The van der Waals surface area contributed by atoms with Crippen molar-refractivity contribution in [1.29, 1.82) is 0 Å². The van der Waals surface area contributed by atoms with Gasteiger partial charge < -0.3 is 5.32 Å². The Morgan fingerprint density at radius 2 is 2.00 bits per heavy atom. The molecule has 0 radical (unpaired) electrons. The molecule has 0 saturated carbocycles. The molecular formula is C13H7BrClFN2O3. The van der Waals surface area contributed by atoms with E-state index in [2.05, 4.69) is 21.2 Å². The lowest BCUT2D eigenvalue weighted by molar-refractivity contribution is -0.385. The highest BCUT2D eigenvalue weighted by Gasteiger charge is 2.13. The van der Waals surface area contributed by atoms with Crippen LogP contribution in [-0.4, -0.2) is 10.8 Å². The van der Waals surface area contributed by atoms with Crippen molar-refractivity contribution in [3.05, 3.63) is 67.4 Å². The van der Waals surface area contributed by atoms with E-state index in [-0.39, 0.29) is 11.3 Å². The van der Waals surface area contributed by atoms with Crippen molar-refractivity contribution in [2.24, 2.45) is 0 Å². The average Bonchev–Trinajstić information content (AvgIpc) is 2.41. The molecule has 1 N–H and O–H groups in total. The maximum Gasteiger partial charge on any atom is 0.274 e. The molecule has 5 nitrogen and oxygen atoms in total. The summed E-state index contributed by atoms with van der Waals surface area (Å²) in [4.78, 5) is 21.9. The van der Waals surface area contributed by atoms with Crippen molar-refractivity contribution in [2.45, 2.75) is 0 Å². The molecule has 2 aromatic rings. The number of non-ortho nitro benzene ring substituents is 1. The first-order valence-corrected chi connectivity index (χ1v) is 6.75. The van der Waals surface area contributed by atoms with Crippen molar-refractivity contribution in [3.63, 3.8) is 0 Å². The molecule has 8 heteroatoms. The van der Waals surface area contributed by atoms with Crippen molar-refractivity contribution < 1.29 is 14.1 Å². The van der Waals surface area contributed by atoms with Gasteiger partial charge in [-0.2, -0.15) is 0 Å². The molecule has 0 aliphatic heterocycles. The van der Waals surface area contributed by atoms with E-state index in [0.717, 1.165) is 18.2 Å². The van der Waals surface area contributed by atoms with Crippen molar-refractivity contribution >= 4 is 44.8 Å². The lowest BCUT2D eigenvalue weighted by Gasteiger charge is -2.06. The fourth-order valence-electron chi connectivity index (χ4n) is 1.59. The van der Waals surface area contributed by atoms with Crippen molar-refractivity contribution in [2.75, 3.05) is 5.32 Å². The standard InChI is InChI=1S/C13H7BrClFN2O3/c14-11-2-1-7(3-12(11)15)13(19)17-9-4-8(16)5-10(6-9)18(20)21/h1-6H,(H,17,19). The molecule has 0 atom stereocenters. The summed E-state index contributed by atoms with van der Waals surface area (Å²) in [7, 11) is 0. The second kappa shape index (κ2) is 6.19. The van der Waals surface area contributed by atoms with Crippen LogP contribution >= 0.6 is 27.5 Å². The highest BCUT2D eigenvalue weighted by Crippen LogP contribution is 2.24. The van der Waals surface area contributed by atoms with Crippen LogP contribution in [0.1, 0.15) is 10.4 Å². The van der Waals surface area contributed by atoms with Crippen LogP contribution < -0.4 is 5.32 Å². The summed E-state index contributed by atoms with van der Waals surface area (Å²) in [5.41, 5.74) is -0.208. The van der Waals surface area contributed by atoms with Gasteiger partial charge in [0.05, 0.1) is 21.7 Å². The number of carbonyl (C=O) groups is 1. The second-order valence-electron chi connectivity index (χ2n) is 4.04. The zero-order valence-electron chi connectivity index (χ0n) is 10.3. The number of nitro benzene ring substituents is 1. The van der Waals surface area contributed by atoms with Gasteiger partial charge in [-0.3, -0.25) is 14.9 Å². The maximum absolute atomic E-state index is 13.3. The van der Waals surface area contributed by atoms with Crippen LogP contribution in [0.25, 0.3) is 0 Å². The van der Waals surface area contributed by atoms with Gasteiger partial charge in [-0.1, -0.05) is 11.6 Å². The number of amides is 1. The van der Waals surface area contributed by atoms with Gasteiger partial charge >= 0.3 is 0 Å². The van der Waals surface area contributed by atoms with E-state index in [0.29, 0.717) is 9.50 Å². The van der Waals surface area contributed by atoms with Crippen molar-refractivity contribution in [3.8, 4) is 0 Å². The second-order valence-corrected chi connectivity index (χ2v) is 5.30. The van der Waals surface area contributed by atoms with Crippen LogP contribution in [0.15, 0.2) is 40.9 Å². The average molecular weight is 374 g/mol. The molecule has 0 saturated heterocycles. The third kappa shape index (κ3) is 3.77. The van der Waals surface area contributed by atoms with E-state index in [9.17, 15) is 19.3 Å². The number of carbonyl (C=O) groups excluding carboxylic acids is 1. The summed E-state index contributed by atoms with van der Waals surface area (Å²) in [6.07, 6.45) is 0. The smallest absolute Gasteiger partial charge is 0.274 e. The molecule has 0 spiro atoms. The van der Waals surface area contributed by atoms with E-state index < -0.39 is 22.3 Å². The first-order chi connectivity index (χ1) is 9.86. The Morgan fingerprint density at radius 3 is 2.62 bits per heavy atom. The Labute approximate surface area is 132 Å². The molecule has 2 rings (SSSR count). The third-order valence-corrected chi connectivity index (χ3v) is 3.77. The molecule has 0 bridgehead atoms. The SMILES string of the molecule is O=C(Nc1cc(F)cc([N+](=O)[O-])c1)c1ccc(Br)c(Cl)c1. The highest BCUT2D eigenvalue weighted by atomic mass is 79.9. The van der Waals surface area contributed by atoms with Gasteiger partial charge in [0.1, 0.15) is 5.82 Å². The lowest BCUT2D eigenvalue weighted by Crippen LogP contribution is -2.12. The predicted molar refractivity (Wildman–Crippen MR) is 80.2 cm³/mol. The Morgan fingerprint density at radius 1 is 1.29 bits per heavy atom. The van der Waals surface area contributed by atoms with E-state index in [1.165, 1.54) is 12.1 Å². The molecule has 21 heavy (non-hydrogen) atoms. The van der Waals surface area contributed by atoms with Gasteiger partial charge in [-0.05, 0) is 40.2 Å². The largest absolute Gasteiger partial charge is 0.322 e. The Bertz CT molecular complexity index is 739. The van der Waals surface area contributed by atoms with Gasteiger partial charge in [0.2, 0.25) is 0 Å². The molecule has 0 aliphatic rings. The molecule has 0 unspecified atom stereocenters. The zero-order chi connectivity index (χ0) is 15.6. The molecule has 1 amide bonds. The van der Waals surface area contributed by atoms with Gasteiger partial charge in [0, 0.05) is 16.1 Å². The van der Waals surface area contributed by atoms with E-state index in [1.807, 2.05) is 0 Å². The normalized spacial score (nSPS) is 10.2. The quantitative estimate of drug-likeness (QED) is 0.640. The number of rotatable bonds is 3. The monoisotopic (exact) mass is 372 g/mol. The van der Waals surface area contributed by atoms with Crippen LogP contribution in [0, 0.1) is 15.9 Å². The number of hydrogen-bond acceptors (Lipinski definition) is 3. The predicted octanol–water partition coefficient (Wildman–Crippen LogP) is 4.40. The molecule has 0 fully saturated rings. The number of anilines is 1. The number of halogens is 3. The van der Waals surface area contributed by atoms with Gasteiger partial charge in [-0.25, -0.2) is 4.39 Å². The molecule has 2 aromatic carbocycles. The highest BCUT2D eigenvalue weighted by molar-refractivity contribution is 9.10. The topological polar surface area (TPSA) is 72.2 Å². The Hall–Kier alpha value is -1.99. The minimum absolute atomic E-state index is 0.00857. The zero-order valence-corrected chi connectivity index (χ0v) is 12.6. The van der Waals surface area contributed by atoms with Gasteiger partial charge in [-0.15, -0.1) is 0 Å². The van der Waals surface area contributed by atoms with Gasteiger partial charge in [0.25, 0.3) is 11.6 Å². The number of nitrogens with zero attached hydrogens (tertiary/aromatic N) is 1. The van der Waals surface area contributed by atoms with Crippen molar-refractivity contribution in [1.82, 2.24) is 0 Å². The fourth-order valence-corrected chi connectivity index (χ4v) is 2.02. The summed E-state index contributed by atoms with van der Waals surface area (Å²) in [6, 6.07) is 7.36. The fraction of sp³-hybridized carbons (Fsp3) is 0. The number of benzene rings is 2. The van der Waals surface area contributed by atoms with Crippen LogP contribution in [0.5, 0.6) is 0 Å². The molecule has 0 aromatic heterocycles. The minimum Gasteiger partial charge on any atom is -0.322 e. The van der Waals surface area contributed by atoms with Crippen LogP contribution in [-0.2, 0) is 0 Å². The molecule has 0 heterocycles. The third-order valence-electron chi connectivity index (χ3n) is 2.53. The Balaban J connectivity index is 2.27. The summed E-state index contributed by atoms with van der Waals surface area (Å²) < 4.78 is 13.9.